The van der Waals surface area contributed by atoms with Gasteiger partial charge in [-0.2, -0.15) is 0 Å². The van der Waals surface area contributed by atoms with Crippen LogP contribution < -0.4 is 0 Å². The van der Waals surface area contributed by atoms with E-state index in [0.717, 1.165) is 44.9 Å². The average Bonchev–Trinajstić information content (AvgIpc) is 2.57. The average molecular weight is 338 g/mol. The van der Waals surface area contributed by atoms with Gasteiger partial charge in [0.05, 0.1) is 18.8 Å². The summed E-state index contributed by atoms with van der Waals surface area (Å²) < 4.78 is 12.4. The molecule has 0 fully saturated rings. The van der Waals surface area contributed by atoms with E-state index in [1.165, 1.54) is 6.07 Å². The first-order valence-corrected chi connectivity index (χ1v) is 9.40. The number of rotatable bonds is 13. The molecule has 0 aliphatic carbocycles. The molecule has 24 heavy (non-hydrogen) atoms. The van der Waals surface area contributed by atoms with Crippen LogP contribution in [-0.2, 0) is 15.3 Å². The minimum atomic E-state index is -0.984. The molecule has 0 radical (unpaired) electrons. The minimum Gasteiger partial charge on any atom is -0.504 e. The number of benzene rings is 1. The monoisotopic (exact) mass is 338 g/mol. The maximum absolute atomic E-state index is 10.4. The summed E-state index contributed by atoms with van der Waals surface area (Å²) in [5.74, 6) is -1.25. The summed E-state index contributed by atoms with van der Waals surface area (Å²) >= 11 is 0. The number of phenols is 2. The van der Waals surface area contributed by atoms with Crippen molar-refractivity contribution in [1.29, 1.82) is 0 Å². The Balaban J connectivity index is 3.12. The third kappa shape index (κ3) is 5.99. The summed E-state index contributed by atoms with van der Waals surface area (Å²) in [6.45, 7) is 7.54. The van der Waals surface area contributed by atoms with Crippen molar-refractivity contribution in [2.24, 2.45) is 0 Å². The van der Waals surface area contributed by atoms with Crippen LogP contribution in [-0.4, -0.2) is 23.4 Å². The van der Waals surface area contributed by atoms with E-state index < -0.39 is 5.79 Å². The van der Waals surface area contributed by atoms with Gasteiger partial charge in [0, 0.05) is 6.42 Å². The normalized spacial score (nSPS) is 11.8. The molecule has 0 amide bonds. The lowest BCUT2D eigenvalue weighted by Crippen LogP contribution is -2.34. The molecular formula is C20H34O4. The van der Waals surface area contributed by atoms with E-state index in [1.807, 2.05) is 0 Å². The molecule has 0 saturated carbocycles. The van der Waals surface area contributed by atoms with E-state index in [1.54, 1.807) is 12.1 Å². The van der Waals surface area contributed by atoms with E-state index in [-0.39, 0.29) is 11.5 Å². The van der Waals surface area contributed by atoms with Crippen LogP contribution in [0.25, 0.3) is 0 Å². The SMILES string of the molecule is CCCCCC(OCCCC)(OCCCC)c1cccc(O)c1O. The van der Waals surface area contributed by atoms with Crippen LogP contribution in [0.3, 0.4) is 0 Å². The van der Waals surface area contributed by atoms with Gasteiger partial charge in [-0.15, -0.1) is 0 Å². The van der Waals surface area contributed by atoms with Crippen molar-refractivity contribution < 1.29 is 19.7 Å². The van der Waals surface area contributed by atoms with E-state index >= 15 is 0 Å². The Morgan fingerprint density at radius 1 is 0.833 bits per heavy atom. The van der Waals surface area contributed by atoms with Crippen molar-refractivity contribution in [1.82, 2.24) is 0 Å². The van der Waals surface area contributed by atoms with Crippen LogP contribution in [0.4, 0.5) is 0 Å². The van der Waals surface area contributed by atoms with E-state index in [2.05, 4.69) is 20.8 Å². The van der Waals surface area contributed by atoms with Gasteiger partial charge < -0.3 is 19.7 Å². The molecule has 0 aliphatic rings. The largest absolute Gasteiger partial charge is 0.504 e. The van der Waals surface area contributed by atoms with E-state index in [4.69, 9.17) is 9.47 Å². The number of para-hydroxylation sites is 1. The van der Waals surface area contributed by atoms with Crippen LogP contribution in [0.2, 0.25) is 0 Å². The molecule has 138 valence electrons. The molecule has 4 heteroatoms. The van der Waals surface area contributed by atoms with Gasteiger partial charge in [0.2, 0.25) is 0 Å². The molecule has 4 nitrogen and oxygen atoms in total. The van der Waals surface area contributed by atoms with Crippen LogP contribution in [0.15, 0.2) is 18.2 Å². The van der Waals surface area contributed by atoms with Gasteiger partial charge in [-0.25, -0.2) is 0 Å². The Morgan fingerprint density at radius 2 is 1.42 bits per heavy atom. The Hall–Kier alpha value is -1.26. The Kier molecular flexibility index (Phi) is 9.80. The molecular weight excluding hydrogens is 304 g/mol. The van der Waals surface area contributed by atoms with Crippen molar-refractivity contribution >= 4 is 0 Å². The van der Waals surface area contributed by atoms with Crippen molar-refractivity contribution in [2.75, 3.05) is 13.2 Å². The molecule has 0 spiro atoms. The number of phenolic OH excluding ortho intramolecular Hbond substituents is 2. The molecule has 1 aromatic carbocycles. The van der Waals surface area contributed by atoms with Crippen LogP contribution in [0.5, 0.6) is 11.5 Å². The second-order valence-electron chi connectivity index (χ2n) is 6.29. The summed E-state index contributed by atoms with van der Waals surface area (Å²) in [7, 11) is 0. The van der Waals surface area contributed by atoms with Gasteiger partial charge in [0.1, 0.15) is 0 Å². The lowest BCUT2D eigenvalue weighted by molar-refractivity contribution is -0.253. The first-order chi connectivity index (χ1) is 11.6. The summed E-state index contributed by atoms with van der Waals surface area (Å²) in [6.07, 6.45) is 7.74. The summed E-state index contributed by atoms with van der Waals surface area (Å²) in [5.41, 5.74) is 0.533. The molecule has 0 heterocycles. The van der Waals surface area contributed by atoms with Gasteiger partial charge in [0.15, 0.2) is 17.3 Å². The maximum Gasteiger partial charge on any atom is 0.198 e. The van der Waals surface area contributed by atoms with Crippen LogP contribution in [0, 0.1) is 0 Å². The molecule has 1 rings (SSSR count). The standard InChI is InChI=1S/C20H34O4/c1-4-7-10-14-20(23-15-8-5-2,24-16-9-6-3)17-12-11-13-18(21)19(17)22/h11-13,21-22H,4-10,14-16H2,1-3H3. The van der Waals surface area contributed by atoms with Crippen molar-refractivity contribution in [3.8, 4) is 11.5 Å². The third-order valence-corrected chi connectivity index (χ3v) is 4.20. The fraction of sp³-hybridized carbons (Fsp3) is 0.700. The number of hydrogen-bond acceptors (Lipinski definition) is 4. The summed E-state index contributed by atoms with van der Waals surface area (Å²) in [4.78, 5) is 0. The third-order valence-electron chi connectivity index (χ3n) is 4.20. The molecule has 0 saturated heterocycles. The predicted molar refractivity (Wildman–Crippen MR) is 97.3 cm³/mol. The smallest absolute Gasteiger partial charge is 0.198 e. The molecule has 0 aliphatic heterocycles. The van der Waals surface area contributed by atoms with E-state index in [9.17, 15) is 10.2 Å². The summed E-state index contributed by atoms with van der Waals surface area (Å²) in [5, 5.41) is 20.3. The highest BCUT2D eigenvalue weighted by Crippen LogP contribution is 2.42. The van der Waals surface area contributed by atoms with Gasteiger partial charge in [-0.05, 0) is 31.4 Å². The zero-order valence-electron chi connectivity index (χ0n) is 15.5. The molecule has 0 aromatic heterocycles. The number of aromatic hydroxyl groups is 2. The lowest BCUT2D eigenvalue weighted by atomic mass is 9.97. The van der Waals surface area contributed by atoms with Gasteiger partial charge in [-0.3, -0.25) is 0 Å². The highest BCUT2D eigenvalue weighted by molar-refractivity contribution is 5.46. The fourth-order valence-corrected chi connectivity index (χ4v) is 2.69. The number of hydrogen-bond donors (Lipinski definition) is 2. The highest BCUT2D eigenvalue weighted by Gasteiger charge is 2.37. The molecule has 0 unspecified atom stereocenters. The number of unbranched alkanes of at least 4 members (excludes halogenated alkanes) is 4. The Morgan fingerprint density at radius 3 is 1.96 bits per heavy atom. The van der Waals surface area contributed by atoms with Crippen molar-refractivity contribution in [3.63, 3.8) is 0 Å². The van der Waals surface area contributed by atoms with Crippen LogP contribution >= 0.6 is 0 Å². The molecule has 2 N–H and O–H groups in total. The second kappa shape index (κ2) is 11.3. The van der Waals surface area contributed by atoms with E-state index in [0.29, 0.717) is 25.2 Å². The first kappa shape index (κ1) is 20.8. The van der Waals surface area contributed by atoms with Crippen LogP contribution in [0.1, 0.15) is 77.7 Å². The van der Waals surface area contributed by atoms with Gasteiger partial charge >= 0.3 is 0 Å². The second-order valence-corrected chi connectivity index (χ2v) is 6.29. The number of ether oxygens (including phenoxy) is 2. The first-order valence-electron chi connectivity index (χ1n) is 9.40. The van der Waals surface area contributed by atoms with Crippen molar-refractivity contribution in [3.05, 3.63) is 23.8 Å². The fourth-order valence-electron chi connectivity index (χ4n) is 2.69. The highest BCUT2D eigenvalue weighted by atomic mass is 16.7. The predicted octanol–water partition coefficient (Wildman–Crippen LogP) is 5.46. The Bertz CT molecular complexity index is 432. The van der Waals surface area contributed by atoms with Gasteiger partial charge in [-0.1, -0.05) is 52.5 Å². The molecule has 1 aromatic rings. The zero-order chi connectivity index (χ0) is 17.8. The quantitative estimate of drug-likeness (QED) is 0.285. The maximum atomic E-state index is 10.4. The lowest BCUT2D eigenvalue weighted by Gasteiger charge is -2.35. The summed E-state index contributed by atoms with van der Waals surface area (Å²) in [6, 6.07) is 5.00. The van der Waals surface area contributed by atoms with Gasteiger partial charge in [0.25, 0.3) is 0 Å². The minimum absolute atomic E-state index is 0.134. The van der Waals surface area contributed by atoms with Crippen molar-refractivity contribution in [2.45, 2.75) is 77.9 Å². The molecule has 0 bridgehead atoms. The molecule has 0 atom stereocenters. The topological polar surface area (TPSA) is 58.9 Å². The zero-order valence-corrected chi connectivity index (χ0v) is 15.5. The Labute approximate surface area is 146 Å².